The lowest BCUT2D eigenvalue weighted by Gasteiger charge is -2.35. The summed E-state index contributed by atoms with van der Waals surface area (Å²) < 4.78 is 21.4. The Morgan fingerprint density at radius 1 is 1.05 bits per heavy atom. The number of benzene rings is 1. The van der Waals surface area contributed by atoms with E-state index in [4.69, 9.17) is 18.9 Å². The van der Waals surface area contributed by atoms with Gasteiger partial charge >= 0.3 is 0 Å². The fraction of sp³-hybridized carbons (Fsp3) is 0.414. The molecular formula is C29H39N4O4Si+. The Morgan fingerprint density at radius 3 is 2.32 bits per heavy atom. The number of aromatic nitrogens is 3. The normalized spacial score (nSPS) is 15.1. The van der Waals surface area contributed by atoms with E-state index in [9.17, 15) is 5.11 Å². The number of allylic oxidation sites excluding steroid dienone is 1. The van der Waals surface area contributed by atoms with Crippen LogP contribution in [0.1, 0.15) is 32.8 Å². The monoisotopic (exact) mass is 535 g/mol. The molecule has 1 aliphatic heterocycles. The number of hydrogen-bond donors (Lipinski definition) is 1. The SMILES string of the molecule is COc1cc(OC)cc(C(O)=C2CC=c3ncc(-c4cnn(C)c4)cc3=[N+]2CCO[Si](C)(C)C(C)(C)C)c1. The Kier molecular flexibility index (Phi) is 7.80. The van der Waals surface area contributed by atoms with Crippen molar-refractivity contribution in [2.24, 2.45) is 7.05 Å². The Bertz CT molecular complexity index is 1460. The summed E-state index contributed by atoms with van der Waals surface area (Å²) >= 11 is 0. The van der Waals surface area contributed by atoms with Gasteiger partial charge in [0.2, 0.25) is 11.1 Å². The van der Waals surface area contributed by atoms with Gasteiger partial charge in [-0.15, -0.1) is 0 Å². The average molecular weight is 536 g/mol. The fourth-order valence-electron chi connectivity index (χ4n) is 4.21. The molecule has 9 heteroatoms. The average Bonchev–Trinajstić information content (AvgIpc) is 3.33. The lowest BCUT2D eigenvalue weighted by atomic mass is 10.1. The van der Waals surface area contributed by atoms with E-state index >= 15 is 0 Å². The van der Waals surface area contributed by atoms with Gasteiger partial charge in [-0.05, 0) is 36.3 Å². The fourth-order valence-corrected chi connectivity index (χ4v) is 5.25. The molecule has 0 bridgehead atoms. The molecule has 0 atom stereocenters. The van der Waals surface area contributed by atoms with Crippen LogP contribution < -0.4 is 24.8 Å². The summed E-state index contributed by atoms with van der Waals surface area (Å²) in [6.45, 7) is 12.3. The lowest BCUT2D eigenvalue weighted by Crippen LogP contribution is -2.47. The first kappa shape index (κ1) is 27.6. The molecule has 1 N–H and O–H groups in total. The number of nitrogens with zero attached hydrogens (tertiary/aromatic N) is 4. The van der Waals surface area contributed by atoms with Crippen molar-refractivity contribution in [3.63, 3.8) is 0 Å². The Balaban J connectivity index is 1.86. The molecule has 3 aromatic rings. The maximum atomic E-state index is 11.6. The molecule has 202 valence electrons. The quantitative estimate of drug-likeness (QED) is 0.266. The third-order valence-electron chi connectivity index (χ3n) is 7.52. The van der Waals surface area contributed by atoms with Crippen LogP contribution in [0.3, 0.4) is 0 Å². The summed E-state index contributed by atoms with van der Waals surface area (Å²) in [6.07, 6.45) is 8.25. The largest absolute Gasteiger partial charge is 0.502 e. The van der Waals surface area contributed by atoms with Gasteiger partial charge in [0.15, 0.2) is 20.6 Å². The minimum absolute atomic E-state index is 0.105. The van der Waals surface area contributed by atoms with Gasteiger partial charge in [0.25, 0.3) is 0 Å². The van der Waals surface area contributed by atoms with Crippen LogP contribution in [0.15, 0.2) is 48.6 Å². The van der Waals surface area contributed by atoms with Gasteiger partial charge in [0.05, 0.1) is 33.4 Å². The Morgan fingerprint density at radius 2 is 1.74 bits per heavy atom. The molecule has 0 fully saturated rings. The molecule has 3 heterocycles. The first-order chi connectivity index (χ1) is 17.9. The molecule has 0 aliphatic carbocycles. The topological polar surface area (TPSA) is 81.6 Å². The highest BCUT2D eigenvalue weighted by molar-refractivity contribution is 6.74. The van der Waals surface area contributed by atoms with E-state index in [2.05, 4.69) is 55.7 Å². The summed E-state index contributed by atoms with van der Waals surface area (Å²) in [7, 11) is 3.15. The van der Waals surface area contributed by atoms with E-state index in [1.54, 1.807) is 25.0 Å². The van der Waals surface area contributed by atoms with Gasteiger partial charge in [-0.1, -0.05) is 20.8 Å². The number of aliphatic hydroxyl groups excluding tert-OH is 1. The summed E-state index contributed by atoms with van der Waals surface area (Å²) in [4.78, 5) is 4.76. The zero-order chi connectivity index (χ0) is 27.7. The second kappa shape index (κ2) is 10.7. The molecular weight excluding hydrogens is 496 g/mol. The molecule has 2 aromatic heterocycles. The van der Waals surface area contributed by atoms with Crippen LogP contribution in [0.4, 0.5) is 0 Å². The summed E-state index contributed by atoms with van der Waals surface area (Å²) in [5, 5.41) is 17.8. The zero-order valence-electron chi connectivity index (χ0n) is 23.7. The van der Waals surface area contributed by atoms with Crippen LogP contribution in [-0.4, -0.2) is 55.6 Å². The number of aryl methyl sites for hydroxylation is 1. The van der Waals surface area contributed by atoms with E-state index in [0.29, 0.717) is 36.6 Å². The third-order valence-corrected chi connectivity index (χ3v) is 12.1. The Labute approximate surface area is 225 Å². The van der Waals surface area contributed by atoms with Gasteiger partial charge in [-0.25, -0.2) is 4.98 Å². The molecule has 0 unspecified atom stereocenters. The third kappa shape index (κ3) is 5.68. The number of aliphatic hydroxyl groups is 1. The predicted octanol–water partition coefficient (Wildman–Crippen LogP) is 4.12. The van der Waals surface area contributed by atoms with Crippen LogP contribution in [0.25, 0.3) is 23.0 Å². The summed E-state index contributed by atoms with van der Waals surface area (Å²) in [5.41, 5.74) is 3.35. The minimum Gasteiger partial charge on any atom is -0.502 e. The van der Waals surface area contributed by atoms with Crippen molar-refractivity contribution in [2.45, 2.75) is 45.3 Å². The van der Waals surface area contributed by atoms with Crippen LogP contribution in [0, 0.1) is 0 Å². The van der Waals surface area contributed by atoms with Crippen molar-refractivity contribution in [3.05, 3.63) is 64.8 Å². The highest BCUT2D eigenvalue weighted by Gasteiger charge is 2.37. The van der Waals surface area contributed by atoms with E-state index in [1.165, 1.54) is 0 Å². The van der Waals surface area contributed by atoms with Crippen molar-refractivity contribution in [2.75, 3.05) is 27.4 Å². The maximum Gasteiger partial charge on any atom is 0.231 e. The maximum absolute atomic E-state index is 11.6. The van der Waals surface area contributed by atoms with Crippen LogP contribution in [0.5, 0.6) is 11.5 Å². The van der Waals surface area contributed by atoms with Crippen molar-refractivity contribution in [3.8, 4) is 22.6 Å². The van der Waals surface area contributed by atoms with E-state index in [0.717, 1.165) is 27.5 Å². The van der Waals surface area contributed by atoms with Crippen LogP contribution >= 0.6 is 0 Å². The molecule has 1 aliphatic rings. The van der Waals surface area contributed by atoms with Crippen LogP contribution in [0.2, 0.25) is 18.1 Å². The van der Waals surface area contributed by atoms with E-state index < -0.39 is 8.32 Å². The van der Waals surface area contributed by atoms with Gasteiger partial charge in [-0.2, -0.15) is 9.67 Å². The molecule has 0 radical (unpaired) electrons. The van der Waals surface area contributed by atoms with Gasteiger partial charge in [0, 0.05) is 48.3 Å². The second-order valence-corrected chi connectivity index (χ2v) is 15.9. The number of methoxy groups -OCH3 is 2. The predicted molar refractivity (Wildman–Crippen MR) is 153 cm³/mol. The van der Waals surface area contributed by atoms with Gasteiger partial charge in [0.1, 0.15) is 16.8 Å². The number of pyridine rings is 1. The molecule has 38 heavy (non-hydrogen) atoms. The molecule has 4 rings (SSSR count). The summed E-state index contributed by atoms with van der Waals surface area (Å²) in [6, 6.07) is 7.53. The number of ether oxygens (including phenoxy) is 2. The molecule has 0 saturated carbocycles. The van der Waals surface area contributed by atoms with Crippen molar-refractivity contribution in [1.82, 2.24) is 19.3 Å². The first-order valence-corrected chi connectivity index (χ1v) is 15.7. The molecule has 0 saturated heterocycles. The highest BCUT2D eigenvalue weighted by atomic mass is 28.4. The molecule has 0 spiro atoms. The number of rotatable bonds is 8. The lowest BCUT2D eigenvalue weighted by molar-refractivity contribution is 0.281. The summed E-state index contributed by atoms with van der Waals surface area (Å²) in [5.74, 6) is 1.39. The van der Waals surface area contributed by atoms with Gasteiger partial charge in [-0.3, -0.25) is 4.68 Å². The van der Waals surface area contributed by atoms with Crippen LogP contribution in [-0.2, 0) is 11.5 Å². The standard InChI is InChI=1S/C29H38N4O4Si/c1-29(2,3)38(7,8)37-12-11-33-26(28(34)20-13-23(35-5)16-24(14-20)36-6)10-9-25-27(33)15-21(17-30-25)22-18-31-32(4)19-22/h9,13-19H,10-12H2,1-8H3/p+1. The van der Waals surface area contributed by atoms with Crippen molar-refractivity contribution >= 4 is 20.2 Å². The second-order valence-electron chi connectivity index (χ2n) is 11.1. The highest BCUT2D eigenvalue weighted by Crippen LogP contribution is 2.36. The van der Waals surface area contributed by atoms with Gasteiger partial charge < -0.3 is 19.0 Å². The van der Waals surface area contributed by atoms with E-state index in [-0.39, 0.29) is 10.8 Å². The number of hydrogen-bond acceptors (Lipinski definition) is 6. The zero-order valence-corrected chi connectivity index (χ0v) is 24.7. The number of fused-ring (bicyclic) bond motifs is 1. The Hall–Kier alpha value is -3.43. The van der Waals surface area contributed by atoms with Crippen molar-refractivity contribution in [1.29, 1.82) is 0 Å². The molecule has 1 aromatic carbocycles. The van der Waals surface area contributed by atoms with Crippen molar-refractivity contribution < 1.29 is 19.0 Å². The molecule has 8 nitrogen and oxygen atoms in total. The molecule has 0 amide bonds. The first-order valence-electron chi connectivity index (χ1n) is 12.8. The smallest absolute Gasteiger partial charge is 0.231 e. The minimum atomic E-state index is -1.95. The van der Waals surface area contributed by atoms with E-state index in [1.807, 2.05) is 37.8 Å².